The number of phenolic OH excluding ortho intramolecular Hbond substituents is 1. The second-order valence-electron chi connectivity index (χ2n) is 4.40. The summed E-state index contributed by atoms with van der Waals surface area (Å²) in [7, 11) is -1.37. The summed E-state index contributed by atoms with van der Waals surface area (Å²) in [6.07, 6.45) is 0. The van der Waals surface area contributed by atoms with Gasteiger partial charge in [-0.3, -0.25) is 9.00 Å². The quantitative estimate of drug-likeness (QED) is 0.853. The summed E-state index contributed by atoms with van der Waals surface area (Å²) < 4.78 is 17.5. The Morgan fingerprint density at radius 3 is 2.48 bits per heavy atom. The van der Waals surface area contributed by atoms with Crippen LogP contribution in [-0.4, -0.2) is 21.0 Å². The Hall–Kier alpha value is -2.34. The van der Waals surface area contributed by atoms with Crippen LogP contribution in [0, 0.1) is 0 Å². The lowest BCUT2D eigenvalue weighted by Gasteiger charge is -2.10. The molecular formula is C15H15NO4S. The van der Waals surface area contributed by atoms with Gasteiger partial charge in [0.2, 0.25) is 5.91 Å². The van der Waals surface area contributed by atoms with E-state index in [1.54, 1.807) is 36.4 Å². The van der Waals surface area contributed by atoms with E-state index in [1.165, 1.54) is 12.1 Å². The minimum atomic E-state index is -1.37. The van der Waals surface area contributed by atoms with Gasteiger partial charge in [0.25, 0.3) is 0 Å². The molecule has 0 heterocycles. The minimum Gasteiger partial charge on any atom is -0.508 e. The monoisotopic (exact) mass is 305 g/mol. The molecule has 0 radical (unpaired) electrons. The van der Waals surface area contributed by atoms with Crippen molar-refractivity contribution in [3.05, 3.63) is 54.1 Å². The van der Waals surface area contributed by atoms with Crippen LogP contribution in [0.25, 0.3) is 0 Å². The van der Waals surface area contributed by atoms with Crippen molar-refractivity contribution in [1.82, 2.24) is 0 Å². The number of carbonyl (C=O) groups is 1. The van der Waals surface area contributed by atoms with E-state index in [0.29, 0.717) is 11.5 Å². The highest BCUT2D eigenvalue weighted by Crippen LogP contribution is 2.27. The third kappa shape index (κ3) is 4.61. The first kappa shape index (κ1) is 15.1. The number of para-hydroxylation sites is 1. The van der Waals surface area contributed by atoms with Crippen molar-refractivity contribution >= 4 is 16.7 Å². The molecule has 0 unspecified atom stereocenters. The number of rotatable bonds is 6. The zero-order chi connectivity index (χ0) is 15.2. The molecule has 0 spiro atoms. The number of ether oxygens (including phenoxy) is 1. The molecule has 1 amide bonds. The standard InChI is InChI=1S/C15H15NO4S/c16-15(18)10-21(19)9-11-3-1-2-4-14(11)20-13-7-5-12(17)6-8-13/h1-8,17H,9-10H2,(H2,16,18)/t21-/m0/s1. The lowest BCUT2D eigenvalue weighted by atomic mass is 10.2. The summed E-state index contributed by atoms with van der Waals surface area (Å²) in [6.45, 7) is 0. The first-order valence-corrected chi connectivity index (χ1v) is 7.71. The molecule has 3 N–H and O–H groups in total. The average Bonchev–Trinajstić information content (AvgIpc) is 2.42. The molecule has 110 valence electrons. The highest BCUT2D eigenvalue weighted by atomic mass is 32.2. The zero-order valence-corrected chi connectivity index (χ0v) is 12.0. The smallest absolute Gasteiger partial charge is 0.230 e. The molecule has 1 atom stereocenters. The Kier molecular flexibility index (Phi) is 4.94. The summed E-state index contributed by atoms with van der Waals surface area (Å²) in [5.41, 5.74) is 5.76. The Balaban J connectivity index is 2.14. The summed E-state index contributed by atoms with van der Waals surface area (Å²) in [6, 6.07) is 13.4. The number of carbonyl (C=O) groups excluding carboxylic acids is 1. The molecule has 2 rings (SSSR count). The topological polar surface area (TPSA) is 89.6 Å². The number of nitrogens with two attached hydrogens (primary N) is 1. The van der Waals surface area contributed by atoms with Crippen LogP contribution in [0.5, 0.6) is 17.2 Å². The number of primary amides is 1. The second-order valence-corrected chi connectivity index (χ2v) is 5.86. The summed E-state index contributed by atoms with van der Waals surface area (Å²) in [4.78, 5) is 10.8. The maximum absolute atomic E-state index is 11.8. The van der Waals surface area contributed by atoms with Gasteiger partial charge in [0.15, 0.2) is 0 Å². The molecule has 2 aromatic rings. The van der Waals surface area contributed by atoms with Gasteiger partial charge in [-0.15, -0.1) is 0 Å². The molecular weight excluding hydrogens is 290 g/mol. The molecule has 0 aliphatic heterocycles. The molecule has 6 heteroatoms. The van der Waals surface area contributed by atoms with Crippen molar-refractivity contribution in [3.63, 3.8) is 0 Å². The van der Waals surface area contributed by atoms with Crippen LogP contribution in [0.3, 0.4) is 0 Å². The third-order valence-electron chi connectivity index (χ3n) is 2.66. The predicted molar refractivity (Wildman–Crippen MR) is 80.5 cm³/mol. The van der Waals surface area contributed by atoms with Crippen molar-refractivity contribution in [3.8, 4) is 17.2 Å². The van der Waals surface area contributed by atoms with Gasteiger partial charge in [-0.2, -0.15) is 0 Å². The minimum absolute atomic E-state index is 0.151. The van der Waals surface area contributed by atoms with E-state index >= 15 is 0 Å². The SMILES string of the molecule is NC(=O)C[S@@](=O)Cc1ccccc1Oc1ccc(O)cc1. The van der Waals surface area contributed by atoms with Gasteiger partial charge in [-0.25, -0.2) is 0 Å². The van der Waals surface area contributed by atoms with Gasteiger partial charge in [0.05, 0.1) is 5.75 Å². The fourth-order valence-electron chi connectivity index (χ4n) is 1.75. The largest absolute Gasteiger partial charge is 0.508 e. The molecule has 0 aromatic heterocycles. The average molecular weight is 305 g/mol. The number of hydrogen-bond donors (Lipinski definition) is 2. The number of amides is 1. The normalized spacial score (nSPS) is 11.8. The fourth-order valence-corrected chi connectivity index (χ4v) is 2.75. The van der Waals surface area contributed by atoms with Gasteiger partial charge in [-0.1, -0.05) is 18.2 Å². The van der Waals surface area contributed by atoms with Gasteiger partial charge < -0.3 is 15.6 Å². The van der Waals surface area contributed by atoms with Crippen LogP contribution in [0.15, 0.2) is 48.5 Å². The Labute approximate surface area is 124 Å². The Morgan fingerprint density at radius 1 is 1.14 bits per heavy atom. The van der Waals surface area contributed by atoms with E-state index in [0.717, 1.165) is 5.56 Å². The number of benzene rings is 2. The second kappa shape index (κ2) is 6.90. The van der Waals surface area contributed by atoms with Crippen LogP contribution in [-0.2, 0) is 21.3 Å². The molecule has 0 fully saturated rings. The number of aromatic hydroxyl groups is 1. The van der Waals surface area contributed by atoms with E-state index in [9.17, 15) is 14.1 Å². The highest BCUT2D eigenvalue weighted by Gasteiger charge is 2.10. The Morgan fingerprint density at radius 2 is 1.81 bits per heavy atom. The maximum atomic E-state index is 11.8. The van der Waals surface area contributed by atoms with Gasteiger partial charge in [-0.05, 0) is 30.3 Å². The fraction of sp³-hybridized carbons (Fsp3) is 0.133. The zero-order valence-electron chi connectivity index (χ0n) is 11.2. The van der Waals surface area contributed by atoms with Crippen LogP contribution < -0.4 is 10.5 Å². The molecule has 0 saturated heterocycles. The molecule has 0 saturated carbocycles. The van der Waals surface area contributed by atoms with Crippen molar-refractivity contribution in [1.29, 1.82) is 0 Å². The van der Waals surface area contributed by atoms with Crippen LogP contribution in [0.2, 0.25) is 0 Å². The molecule has 21 heavy (non-hydrogen) atoms. The molecule has 2 aromatic carbocycles. The van der Waals surface area contributed by atoms with E-state index in [-0.39, 0.29) is 17.3 Å². The first-order valence-electron chi connectivity index (χ1n) is 6.22. The summed E-state index contributed by atoms with van der Waals surface area (Å²) in [5.74, 6) is 0.690. The van der Waals surface area contributed by atoms with Gasteiger partial charge in [0, 0.05) is 16.4 Å². The van der Waals surface area contributed by atoms with Crippen molar-refractivity contribution in [2.45, 2.75) is 5.75 Å². The van der Waals surface area contributed by atoms with E-state index in [4.69, 9.17) is 10.5 Å². The van der Waals surface area contributed by atoms with E-state index < -0.39 is 16.7 Å². The first-order chi connectivity index (χ1) is 10.0. The predicted octanol–water partition coefficient (Wildman–Crippen LogP) is 1.92. The van der Waals surface area contributed by atoms with Crippen molar-refractivity contribution < 1.29 is 18.8 Å². The van der Waals surface area contributed by atoms with Gasteiger partial charge >= 0.3 is 0 Å². The van der Waals surface area contributed by atoms with Crippen LogP contribution in [0.4, 0.5) is 0 Å². The molecule has 0 bridgehead atoms. The highest BCUT2D eigenvalue weighted by molar-refractivity contribution is 7.84. The third-order valence-corrected chi connectivity index (χ3v) is 3.90. The van der Waals surface area contributed by atoms with Crippen molar-refractivity contribution in [2.24, 2.45) is 5.73 Å². The molecule has 0 aliphatic rings. The lowest BCUT2D eigenvalue weighted by Crippen LogP contribution is -2.20. The van der Waals surface area contributed by atoms with Crippen LogP contribution >= 0.6 is 0 Å². The summed E-state index contributed by atoms with van der Waals surface area (Å²) >= 11 is 0. The van der Waals surface area contributed by atoms with Crippen LogP contribution in [0.1, 0.15) is 5.56 Å². The Bertz CT molecular complexity index is 655. The molecule has 0 aliphatic carbocycles. The maximum Gasteiger partial charge on any atom is 0.230 e. The van der Waals surface area contributed by atoms with Crippen molar-refractivity contribution in [2.75, 3.05) is 5.75 Å². The van der Waals surface area contributed by atoms with E-state index in [1.807, 2.05) is 0 Å². The summed E-state index contributed by atoms with van der Waals surface area (Å²) in [5, 5.41) is 9.24. The van der Waals surface area contributed by atoms with E-state index in [2.05, 4.69) is 0 Å². The lowest BCUT2D eigenvalue weighted by molar-refractivity contribution is -0.115. The number of phenols is 1. The molecule has 5 nitrogen and oxygen atoms in total. The number of hydrogen-bond acceptors (Lipinski definition) is 4. The van der Waals surface area contributed by atoms with Gasteiger partial charge in [0.1, 0.15) is 23.0 Å².